The lowest BCUT2D eigenvalue weighted by molar-refractivity contribution is -0.154. The molecule has 5 nitrogen and oxygen atoms in total. The fourth-order valence-corrected chi connectivity index (χ4v) is 5.92. The van der Waals surface area contributed by atoms with Crippen molar-refractivity contribution in [1.29, 1.82) is 0 Å². The van der Waals surface area contributed by atoms with Crippen LogP contribution in [0.4, 0.5) is 0 Å². The molecule has 0 bridgehead atoms. The van der Waals surface area contributed by atoms with Crippen molar-refractivity contribution in [3.05, 3.63) is 0 Å². The van der Waals surface area contributed by atoms with E-state index in [1.165, 1.54) is 37.1 Å². The molecule has 0 aromatic heterocycles. The number of hydrogen-bond donors (Lipinski definition) is 2. The fourth-order valence-electron chi connectivity index (χ4n) is 5.92. The first-order valence-corrected chi connectivity index (χ1v) is 8.52. The summed E-state index contributed by atoms with van der Waals surface area (Å²) in [6.07, 6.45) is 8.73. The standard InChI is InChI=1S/C16H25N3O2/c17-13(20)8-19-16(21)12-7-3-6-10-9-4-1-2-5-11(9)15(18-19)14(10)12/h9-12,14-15,18H,1-8H2,(H2,17,20). The number of hydrogen-bond acceptors (Lipinski definition) is 3. The van der Waals surface area contributed by atoms with E-state index >= 15 is 0 Å². The molecule has 1 saturated heterocycles. The number of amides is 2. The van der Waals surface area contributed by atoms with Crippen LogP contribution in [0, 0.1) is 29.6 Å². The molecule has 0 spiro atoms. The van der Waals surface area contributed by atoms with Crippen molar-refractivity contribution >= 4 is 11.8 Å². The highest BCUT2D eigenvalue weighted by Gasteiger charge is 2.58. The zero-order chi connectivity index (χ0) is 14.6. The monoisotopic (exact) mass is 291 g/mol. The van der Waals surface area contributed by atoms with E-state index in [9.17, 15) is 9.59 Å². The summed E-state index contributed by atoms with van der Waals surface area (Å²) in [4.78, 5) is 23.9. The summed E-state index contributed by atoms with van der Waals surface area (Å²) in [5, 5.41) is 1.54. The van der Waals surface area contributed by atoms with Crippen LogP contribution in [-0.2, 0) is 9.59 Å². The first kappa shape index (κ1) is 13.6. The first-order chi connectivity index (χ1) is 10.2. The number of hydrazine groups is 1. The minimum atomic E-state index is -0.431. The third-order valence-electron chi connectivity index (χ3n) is 6.51. The maximum absolute atomic E-state index is 12.7. The second-order valence-electron chi connectivity index (χ2n) is 7.44. The number of carbonyl (C=O) groups is 2. The molecule has 1 aliphatic heterocycles. The van der Waals surface area contributed by atoms with E-state index in [4.69, 9.17) is 5.73 Å². The molecule has 4 aliphatic rings. The number of rotatable bonds is 2. The Morgan fingerprint density at radius 2 is 1.81 bits per heavy atom. The first-order valence-electron chi connectivity index (χ1n) is 8.52. The molecule has 4 rings (SSSR count). The molecule has 3 N–H and O–H groups in total. The minimum absolute atomic E-state index is 0.0145. The van der Waals surface area contributed by atoms with Gasteiger partial charge in [0, 0.05) is 12.0 Å². The van der Waals surface area contributed by atoms with E-state index in [1.807, 2.05) is 0 Å². The van der Waals surface area contributed by atoms with Gasteiger partial charge in [0.05, 0.1) is 0 Å². The zero-order valence-electron chi connectivity index (χ0n) is 12.5. The van der Waals surface area contributed by atoms with Gasteiger partial charge in [-0.1, -0.05) is 19.3 Å². The molecule has 6 unspecified atom stereocenters. The van der Waals surface area contributed by atoms with Gasteiger partial charge in [-0.05, 0) is 49.4 Å². The van der Waals surface area contributed by atoms with Crippen molar-refractivity contribution in [1.82, 2.24) is 10.4 Å². The van der Waals surface area contributed by atoms with Crippen molar-refractivity contribution in [2.75, 3.05) is 6.54 Å². The maximum Gasteiger partial charge on any atom is 0.240 e. The van der Waals surface area contributed by atoms with Crippen LogP contribution in [-0.4, -0.2) is 29.4 Å². The lowest BCUT2D eigenvalue weighted by atomic mass is 9.68. The summed E-state index contributed by atoms with van der Waals surface area (Å²) < 4.78 is 0. The second-order valence-corrected chi connectivity index (χ2v) is 7.44. The normalized spacial score (nSPS) is 45.1. The molecule has 0 aromatic rings. The van der Waals surface area contributed by atoms with Crippen molar-refractivity contribution < 1.29 is 9.59 Å². The number of nitrogens with two attached hydrogens (primary N) is 1. The topological polar surface area (TPSA) is 75.4 Å². The SMILES string of the molecule is NC(=O)CN1NC2C3CCCCC3C3CCCC(C1=O)C32. The largest absolute Gasteiger partial charge is 0.368 e. The van der Waals surface area contributed by atoms with E-state index in [-0.39, 0.29) is 18.4 Å². The molecule has 4 fully saturated rings. The molecule has 5 heteroatoms. The molecule has 21 heavy (non-hydrogen) atoms. The lowest BCUT2D eigenvalue weighted by Gasteiger charge is -2.45. The average Bonchev–Trinajstić information content (AvgIpc) is 2.80. The van der Waals surface area contributed by atoms with Gasteiger partial charge in [0.2, 0.25) is 11.8 Å². The maximum atomic E-state index is 12.7. The number of nitrogens with zero attached hydrogens (tertiary/aromatic N) is 1. The third-order valence-corrected chi connectivity index (χ3v) is 6.51. The Morgan fingerprint density at radius 1 is 1.10 bits per heavy atom. The van der Waals surface area contributed by atoms with Crippen LogP contribution in [0.1, 0.15) is 44.9 Å². The Balaban J connectivity index is 1.65. The number of fused-ring (bicyclic) bond motifs is 3. The van der Waals surface area contributed by atoms with Crippen molar-refractivity contribution in [2.24, 2.45) is 35.3 Å². The highest BCUT2D eigenvalue weighted by atomic mass is 16.2. The van der Waals surface area contributed by atoms with Gasteiger partial charge in [0.25, 0.3) is 0 Å². The molecule has 1 heterocycles. The quantitative estimate of drug-likeness (QED) is 0.798. The molecular formula is C16H25N3O2. The summed E-state index contributed by atoms with van der Waals surface area (Å²) in [5.74, 6) is 2.52. The van der Waals surface area contributed by atoms with Gasteiger partial charge >= 0.3 is 0 Å². The van der Waals surface area contributed by atoms with Crippen molar-refractivity contribution in [3.8, 4) is 0 Å². The molecular weight excluding hydrogens is 266 g/mol. The molecule has 0 radical (unpaired) electrons. The van der Waals surface area contributed by atoms with Gasteiger partial charge < -0.3 is 5.73 Å². The smallest absolute Gasteiger partial charge is 0.240 e. The number of nitrogens with one attached hydrogen (secondary N) is 1. The molecule has 116 valence electrons. The van der Waals surface area contributed by atoms with Gasteiger partial charge in [-0.15, -0.1) is 0 Å². The summed E-state index contributed by atoms with van der Waals surface area (Å²) in [7, 11) is 0. The third kappa shape index (κ3) is 2.00. The molecule has 0 aromatic carbocycles. The van der Waals surface area contributed by atoms with Crippen LogP contribution in [0.2, 0.25) is 0 Å². The molecule has 3 saturated carbocycles. The predicted molar refractivity (Wildman–Crippen MR) is 77.6 cm³/mol. The van der Waals surface area contributed by atoms with Crippen LogP contribution < -0.4 is 11.2 Å². The van der Waals surface area contributed by atoms with Crippen molar-refractivity contribution in [2.45, 2.75) is 51.0 Å². The zero-order valence-corrected chi connectivity index (χ0v) is 12.5. The Hall–Kier alpha value is -1.10. The van der Waals surface area contributed by atoms with E-state index in [0.29, 0.717) is 17.9 Å². The molecule has 6 atom stereocenters. The number of primary amides is 1. The summed E-state index contributed by atoms with van der Waals surface area (Å²) in [5.41, 5.74) is 8.72. The van der Waals surface area contributed by atoms with Crippen LogP contribution in [0.15, 0.2) is 0 Å². The van der Waals surface area contributed by atoms with E-state index in [0.717, 1.165) is 24.7 Å². The predicted octanol–water partition coefficient (Wildman–Crippen LogP) is 1.04. The highest BCUT2D eigenvalue weighted by Crippen LogP contribution is 2.57. The fraction of sp³-hybridized carbons (Fsp3) is 0.875. The van der Waals surface area contributed by atoms with Crippen LogP contribution in [0.25, 0.3) is 0 Å². The van der Waals surface area contributed by atoms with Crippen molar-refractivity contribution in [3.63, 3.8) is 0 Å². The van der Waals surface area contributed by atoms with E-state index < -0.39 is 5.91 Å². The second kappa shape index (κ2) is 4.97. The van der Waals surface area contributed by atoms with Gasteiger partial charge in [0.1, 0.15) is 6.54 Å². The Morgan fingerprint density at radius 3 is 2.57 bits per heavy atom. The summed E-state index contributed by atoms with van der Waals surface area (Å²) >= 11 is 0. The Bertz CT molecular complexity index is 466. The van der Waals surface area contributed by atoms with Crippen LogP contribution >= 0.6 is 0 Å². The Kier molecular flexibility index (Phi) is 3.21. The molecule has 2 amide bonds. The van der Waals surface area contributed by atoms with Crippen LogP contribution in [0.5, 0.6) is 0 Å². The summed E-state index contributed by atoms with van der Waals surface area (Å²) in [6, 6.07) is 0.391. The highest BCUT2D eigenvalue weighted by molar-refractivity contribution is 5.85. The molecule has 3 aliphatic carbocycles. The van der Waals surface area contributed by atoms with E-state index in [2.05, 4.69) is 5.43 Å². The van der Waals surface area contributed by atoms with E-state index in [1.54, 1.807) is 0 Å². The lowest BCUT2D eigenvalue weighted by Crippen LogP contribution is -2.63. The van der Waals surface area contributed by atoms with Gasteiger partial charge in [0.15, 0.2) is 0 Å². The van der Waals surface area contributed by atoms with Crippen LogP contribution in [0.3, 0.4) is 0 Å². The van der Waals surface area contributed by atoms with Gasteiger partial charge in [-0.25, -0.2) is 5.43 Å². The average molecular weight is 291 g/mol. The van der Waals surface area contributed by atoms with Gasteiger partial charge in [-0.3, -0.25) is 14.6 Å². The summed E-state index contributed by atoms with van der Waals surface area (Å²) in [6.45, 7) is 0.0145. The minimum Gasteiger partial charge on any atom is -0.368 e. The Labute approximate surface area is 125 Å². The van der Waals surface area contributed by atoms with Gasteiger partial charge in [-0.2, -0.15) is 0 Å². The number of carbonyl (C=O) groups excluding carboxylic acids is 2.